The Balaban J connectivity index is 2.21. The lowest BCUT2D eigenvalue weighted by Gasteiger charge is -1.98. The zero-order chi connectivity index (χ0) is 11.5. The molecule has 0 amide bonds. The Morgan fingerprint density at radius 2 is 2.38 bits per heavy atom. The first-order valence-electron chi connectivity index (χ1n) is 4.13. The van der Waals surface area contributed by atoms with Crippen molar-refractivity contribution in [2.45, 2.75) is 9.24 Å². The maximum atomic E-state index is 10.7. The monoisotopic (exact) mass is 316 g/mol. The molecule has 0 atom stereocenters. The van der Waals surface area contributed by atoms with Crippen molar-refractivity contribution in [2.24, 2.45) is 0 Å². The molecule has 0 aliphatic carbocycles. The molecular formula is C9H5BrN2O2S2. The van der Waals surface area contributed by atoms with Gasteiger partial charge in [-0.15, -0.1) is 11.3 Å². The second kappa shape index (κ2) is 4.94. The first-order valence-corrected chi connectivity index (χ1v) is 6.62. The molecule has 7 heteroatoms. The first-order chi connectivity index (χ1) is 7.65. The highest BCUT2D eigenvalue weighted by molar-refractivity contribution is 9.10. The van der Waals surface area contributed by atoms with E-state index in [1.165, 1.54) is 35.4 Å². The number of carboxylic acid groups (broad SMARTS) is 1. The molecule has 2 rings (SSSR count). The summed E-state index contributed by atoms with van der Waals surface area (Å²) in [6.45, 7) is 0. The Hall–Kier alpha value is -0.920. The third kappa shape index (κ3) is 2.81. The van der Waals surface area contributed by atoms with Crippen molar-refractivity contribution in [1.82, 2.24) is 9.97 Å². The molecular weight excluding hydrogens is 312 g/mol. The van der Waals surface area contributed by atoms with Gasteiger partial charge in [0.15, 0.2) is 4.34 Å². The maximum absolute atomic E-state index is 10.7. The number of rotatable bonds is 3. The number of pyridine rings is 1. The summed E-state index contributed by atoms with van der Waals surface area (Å²) in [7, 11) is 0. The number of aromatic carboxylic acids is 1. The van der Waals surface area contributed by atoms with E-state index in [0.29, 0.717) is 0 Å². The summed E-state index contributed by atoms with van der Waals surface area (Å²) >= 11 is 6.17. The van der Waals surface area contributed by atoms with E-state index < -0.39 is 5.97 Å². The molecule has 0 spiro atoms. The van der Waals surface area contributed by atoms with Crippen molar-refractivity contribution in [3.8, 4) is 0 Å². The van der Waals surface area contributed by atoms with Gasteiger partial charge >= 0.3 is 5.97 Å². The van der Waals surface area contributed by atoms with Crippen molar-refractivity contribution in [2.75, 3.05) is 0 Å². The number of thiazole rings is 1. The summed E-state index contributed by atoms with van der Waals surface area (Å²) in [6, 6.07) is 3.29. The fraction of sp³-hybridized carbons (Fsp3) is 0. The van der Waals surface area contributed by atoms with Gasteiger partial charge in [0.1, 0.15) is 10.3 Å². The summed E-state index contributed by atoms with van der Waals surface area (Å²) in [4.78, 5) is 19.5. The van der Waals surface area contributed by atoms with Crippen LogP contribution in [0.4, 0.5) is 0 Å². The van der Waals surface area contributed by atoms with Gasteiger partial charge in [-0.2, -0.15) is 0 Å². The number of hydrogen-bond acceptors (Lipinski definition) is 5. The molecule has 1 N–H and O–H groups in total. The molecule has 0 aliphatic rings. The van der Waals surface area contributed by atoms with Gasteiger partial charge in [-0.1, -0.05) is 11.8 Å². The summed E-state index contributed by atoms with van der Waals surface area (Å²) in [5.74, 6) is -1.03. The molecule has 0 unspecified atom stereocenters. The normalized spacial score (nSPS) is 10.3. The number of carboxylic acids is 1. The van der Waals surface area contributed by atoms with Gasteiger partial charge in [-0.05, 0) is 28.1 Å². The van der Waals surface area contributed by atoms with E-state index in [0.717, 1.165) is 13.8 Å². The molecule has 2 aromatic heterocycles. The van der Waals surface area contributed by atoms with Crippen molar-refractivity contribution in [3.63, 3.8) is 0 Å². The van der Waals surface area contributed by atoms with Crippen LogP contribution in [0.2, 0.25) is 0 Å². The highest BCUT2D eigenvalue weighted by Gasteiger charge is 2.07. The molecule has 16 heavy (non-hydrogen) atoms. The number of nitrogens with zero attached hydrogens (tertiary/aromatic N) is 2. The van der Waals surface area contributed by atoms with Crippen LogP contribution in [0.3, 0.4) is 0 Å². The highest BCUT2D eigenvalue weighted by Crippen LogP contribution is 2.31. The minimum Gasteiger partial charge on any atom is -0.477 e. The first kappa shape index (κ1) is 11.6. The molecule has 0 saturated carbocycles. The molecule has 0 aromatic carbocycles. The minimum atomic E-state index is -1.03. The Morgan fingerprint density at radius 1 is 1.56 bits per heavy atom. The summed E-state index contributed by atoms with van der Waals surface area (Å²) in [5.41, 5.74) is 0.0422. The van der Waals surface area contributed by atoms with Gasteiger partial charge in [0, 0.05) is 16.5 Å². The summed E-state index contributed by atoms with van der Waals surface area (Å²) in [6.07, 6.45) is 1.48. The van der Waals surface area contributed by atoms with Crippen LogP contribution in [0, 0.1) is 0 Å². The van der Waals surface area contributed by atoms with Crippen molar-refractivity contribution >= 4 is 45.0 Å². The smallest absolute Gasteiger partial charge is 0.354 e. The molecule has 0 bridgehead atoms. The van der Waals surface area contributed by atoms with E-state index in [2.05, 4.69) is 25.9 Å². The minimum absolute atomic E-state index is 0.0422. The Bertz CT molecular complexity index is 530. The van der Waals surface area contributed by atoms with E-state index in [4.69, 9.17) is 5.11 Å². The Labute approximate surface area is 108 Å². The Morgan fingerprint density at radius 3 is 3.00 bits per heavy atom. The van der Waals surface area contributed by atoms with Crippen LogP contribution in [0.15, 0.2) is 37.5 Å². The molecule has 0 aliphatic heterocycles. The quantitative estimate of drug-likeness (QED) is 0.942. The lowest BCUT2D eigenvalue weighted by molar-refractivity contribution is 0.0690. The van der Waals surface area contributed by atoms with Crippen molar-refractivity contribution in [1.29, 1.82) is 0 Å². The van der Waals surface area contributed by atoms with Gasteiger partial charge in [-0.3, -0.25) is 0 Å². The van der Waals surface area contributed by atoms with E-state index >= 15 is 0 Å². The Kier molecular flexibility index (Phi) is 3.57. The topological polar surface area (TPSA) is 63.1 Å². The average Bonchev–Trinajstić information content (AvgIpc) is 2.64. The van der Waals surface area contributed by atoms with E-state index in [1.54, 1.807) is 6.07 Å². The van der Waals surface area contributed by atoms with Crippen LogP contribution >= 0.6 is 39.0 Å². The highest BCUT2D eigenvalue weighted by atomic mass is 79.9. The van der Waals surface area contributed by atoms with Gasteiger partial charge in [0.25, 0.3) is 0 Å². The lowest BCUT2D eigenvalue weighted by atomic mass is 10.4. The van der Waals surface area contributed by atoms with Crippen molar-refractivity contribution in [3.05, 3.63) is 34.0 Å². The zero-order valence-corrected chi connectivity index (χ0v) is 11.0. The largest absolute Gasteiger partial charge is 0.477 e. The third-order valence-corrected chi connectivity index (χ3v) is 4.25. The fourth-order valence-corrected chi connectivity index (χ4v) is 3.34. The van der Waals surface area contributed by atoms with Crippen LogP contribution in [0.25, 0.3) is 0 Å². The predicted molar refractivity (Wildman–Crippen MR) is 65.1 cm³/mol. The second-order valence-corrected chi connectivity index (χ2v) is 5.71. The van der Waals surface area contributed by atoms with Crippen LogP contribution < -0.4 is 0 Å². The fourth-order valence-electron chi connectivity index (χ4n) is 0.978. The molecule has 0 fully saturated rings. The number of halogens is 1. The van der Waals surface area contributed by atoms with Gasteiger partial charge in [0.2, 0.25) is 0 Å². The van der Waals surface area contributed by atoms with Crippen LogP contribution in [0.5, 0.6) is 0 Å². The standard InChI is InChI=1S/C9H5BrN2O2S2/c10-7-4-15-9(12-7)16-5-1-2-11-6(3-5)8(13)14/h1-4H,(H,13,14). The average molecular weight is 317 g/mol. The SMILES string of the molecule is O=C(O)c1cc(Sc2nc(Br)cs2)ccn1. The van der Waals surface area contributed by atoms with E-state index in [-0.39, 0.29) is 5.69 Å². The molecule has 4 nitrogen and oxygen atoms in total. The van der Waals surface area contributed by atoms with Crippen LogP contribution in [-0.2, 0) is 0 Å². The van der Waals surface area contributed by atoms with Crippen LogP contribution in [-0.4, -0.2) is 21.0 Å². The number of hydrogen-bond donors (Lipinski definition) is 1. The third-order valence-electron chi connectivity index (χ3n) is 1.61. The van der Waals surface area contributed by atoms with E-state index in [9.17, 15) is 4.79 Å². The van der Waals surface area contributed by atoms with Crippen molar-refractivity contribution < 1.29 is 9.90 Å². The molecule has 2 aromatic rings. The van der Waals surface area contributed by atoms with Crippen LogP contribution in [0.1, 0.15) is 10.5 Å². The van der Waals surface area contributed by atoms with Gasteiger partial charge in [-0.25, -0.2) is 14.8 Å². The summed E-state index contributed by atoms with van der Waals surface area (Å²) < 4.78 is 1.64. The molecule has 82 valence electrons. The zero-order valence-electron chi connectivity index (χ0n) is 7.75. The number of carbonyl (C=O) groups is 1. The van der Waals surface area contributed by atoms with Gasteiger partial charge in [0.05, 0.1) is 0 Å². The lowest BCUT2D eigenvalue weighted by Crippen LogP contribution is -1.99. The molecule has 0 radical (unpaired) electrons. The molecule has 2 heterocycles. The number of aromatic nitrogens is 2. The molecule has 0 saturated heterocycles. The van der Waals surface area contributed by atoms with E-state index in [1.807, 2.05) is 5.38 Å². The van der Waals surface area contributed by atoms with Gasteiger partial charge < -0.3 is 5.11 Å². The predicted octanol–water partition coefficient (Wildman–Crippen LogP) is 3.15. The summed E-state index contributed by atoms with van der Waals surface area (Å²) in [5, 5.41) is 10.7. The maximum Gasteiger partial charge on any atom is 0.354 e. The second-order valence-electron chi connectivity index (χ2n) is 2.72.